The molecule has 1 spiro atoms. The topological polar surface area (TPSA) is 98.0 Å². The molecule has 2 fully saturated rings. The second kappa shape index (κ2) is 12.8. The minimum absolute atomic E-state index is 0.0344. The first-order valence-electron chi connectivity index (χ1n) is 14.1. The predicted octanol–water partition coefficient (Wildman–Crippen LogP) is 5.36. The van der Waals surface area contributed by atoms with E-state index in [4.69, 9.17) is 0 Å². The van der Waals surface area contributed by atoms with Gasteiger partial charge in [-0.2, -0.15) is 0 Å². The summed E-state index contributed by atoms with van der Waals surface area (Å²) >= 11 is 0. The van der Waals surface area contributed by atoms with E-state index in [0.29, 0.717) is 32.1 Å². The fraction of sp³-hybridized carbons (Fsp3) is 0.656. The second-order valence-electron chi connectivity index (χ2n) is 12.0. The van der Waals surface area contributed by atoms with Crippen LogP contribution < -0.4 is 0 Å². The average Bonchev–Trinajstić information content (AvgIpc) is 3.19. The van der Waals surface area contributed by atoms with E-state index < -0.39 is 17.1 Å². The second-order valence-corrected chi connectivity index (χ2v) is 12.0. The standard InChI is InChI=1S/C32H48O5/c1-22(2)9-5-10-23(3)11-6-13-25(20-34)27-16-17-32(30(27)36)28(15-8-18-33)29-24(19-31(32,4)37)12-7-14-26(29)21-35/h6,9,11,13,21,24,27-28,30,33-34,36-37H,3,5,7-8,10,12,14-20H2,1-2,4H3. The van der Waals surface area contributed by atoms with Crippen LogP contribution in [0.5, 0.6) is 0 Å². The lowest BCUT2D eigenvalue weighted by Gasteiger charge is -2.58. The van der Waals surface area contributed by atoms with E-state index in [0.717, 1.165) is 60.7 Å². The molecule has 206 valence electrons. The summed E-state index contributed by atoms with van der Waals surface area (Å²) in [6, 6.07) is 0. The summed E-state index contributed by atoms with van der Waals surface area (Å²) in [4.78, 5) is 12.1. The van der Waals surface area contributed by atoms with Crippen molar-refractivity contribution in [3.8, 4) is 0 Å². The summed E-state index contributed by atoms with van der Waals surface area (Å²) in [5, 5.41) is 43.9. The molecular formula is C32H48O5. The van der Waals surface area contributed by atoms with Crippen molar-refractivity contribution in [2.75, 3.05) is 13.2 Å². The van der Waals surface area contributed by atoms with Gasteiger partial charge in [0, 0.05) is 17.9 Å². The number of rotatable bonds is 11. The van der Waals surface area contributed by atoms with Crippen molar-refractivity contribution in [2.24, 2.45) is 23.2 Å². The van der Waals surface area contributed by atoms with Crippen LogP contribution in [0.25, 0.3) is 0 Å². The first-order valence-corrected chi connectivity index (χ1v) is 14.1. The van der Waals surface area contributed by atoms with Crippen molar-refractivity contribution in [3.05, 3.63) is 58.7 Å². The van der Waals surface area contributed by atoms with Gasteiger partial charge in [0.1, 0.15) is 6.29 Å². The van der Waals surface area contributed by atoms with Gasteiger partial charge in [-0.25, -0.2) is 0 Å². The van der Waals surface area contributed by atoms with Gasteiger partial charge in [0.2, 0.25) is 0 Å². The minimum atomic E-state index is -1.11. The predicted molar refractivity (Wildman–Crippen MR) is 149 cm³/mol. The van der Waals surface area contributed by atoms with E-state index in [-0.39, 0.29) is 31.0 Å². The number of carbonyl (C=O) groups is 1. The number of aldehydes is 1. The summed E-state index contributed by atoms with van der Waals surface area (Å²) in [5.41, 5.74) is 3.05. The monoisotopic (exact) mass is 512 g/mol. The zero-order chi connectivity index (χ0) is 27.2. The number of carbonyl (C=O) groups excluding carboxylic acids is 1. The largest absolute Gasteiger partial charge is 0.396 e. The summed E-state index contributed by atoms with van der Waals surface area (Å²) in [7, 11) is 0. The van der Waals surface area contributed by atoms with Gasteiger partial charge in [-0.1, -0.05) is 47.6 Å². The molecule has 5 nitrogen and oxygen atoms in total. The Balaban J connectivity index is 1.92. The molecule has 6 atom stereocenters. The maximum Gasteiger partial charge on any atom is 0.145 e. The van der Waals surface area contributed by atoms with Crippen LogP contribution in [0.2, 0.25) is 0 Å². The minimum Gasteiger partial charge on any atom is -0.396 e. The van der Waals surface area contributed by atoms with Crippen molar-refractivity contribution in [2.45, 2.75) is 96.7 Å². The van der Waals surface area contributed by atoms with Gasteiger partial charge in [-0.05, 0) is 108 Å². The molecule has 5 heteroatoms. The molecule has 0 aromatic rings. The quantitative estimate of drug-likeness (QED) is 0.170. The van der Waals surface area contributed by atoms with Crippen LogP contribution >= 0.6 is 0 Å². The summed E-state index contributed by atoms with van der Waals surface area (Å²) in [6.07, 6.45) is 15.5. The van der Waals surface area contributed by atoms with Crippen LogP contribution in [0, 0.1) is 23.2 Å². The molecule has 37 heavy (non-hydrogen) atoms. The van der Waals surface area contributed by atoms with Crippen molar-refractivity contribution >= 4 is 6.29 Å². The molecule has 4 N–H and O–H groups in total. The summed E-state index contributed by atoms with van der Waals surface area (Å²) in [6.45, 7) is 10.0. The van der Waals surface area contributed by atoms with Crippen molar-refractivity contribution < 1.29 is 25.2 Å². The molecule has 0 bridgehead atoms. The Bertz CT molecular complexity index is 948. The highest BCUT2D eigenvalue weighted by molar-refractivity contribution is 5.75. The smallest absolute Gasteiger partial charge is 0.145 e. The van der Waals surface area contributed by atoms with Crippen molar-refractivity contribution in [3.63, 3.8) is 0 Å². The number of hydrogen-bond donors (Lipinski definition) is 4. The Hall–Kier alpha value is -1.79. The fourth-order valence-electron chi connectivity index (χ4n) is 7.63. The van der Waals surface area contributed by atoms with Crippen LogP contribution in [0.3, 0.4) is 0 Å². The molecule has 0 radical (unpaired) electrons. The lowest BCUT2D eigenvalue weighted by molar-refractivity contribution is -0.177. The summed E-state index contributed by atoms with van der Waals surface area (Å²) < 4.78 is 0. The number of aliphatic hydroxyl groups excluding tert-OH is 3. The Kier molecular flexibility index (Phi) is 10.3. The van der Waals surface area contributed by atoms with E-state index >= 15 is 0 Å². The summed E-state index contributed by atoms with van der Waals surface area (Å²) in [5.74, 6) is -0.311. The third kappa shape index (κ3) is 6.11. The molecule has 3 aliphatic rings. The number of allylic oxidation sites excluding steroid dienone is 8. The molecule has 0 amide bonds. The molecular weight excluding hydrogens is 464 g/mol. The fourth-order valence-corrected chi connectivity index (χ4v) is 7.63. The van der Waals surface area contributed by atoms with Crippen LogP contribution in [0.4, 0.5) is 0 Å². The molecule has 3 rings (SSSR count). The van der Waals surface area contributed by atoms with Gasteiger partial charge in [-0.3, -0.25) is 4.79 Å². The number of hydrogen-bond acceptors (Lipinski definition) is 5. The van der Waals surface area contributed by atoms with Crippen molar-refractivity contribution in [1.29, 1.82) is 0 Å². The van der Waals surface area contributed by atoms with Gasteiger partial charge in [0.25, 0.3) is 0 Å². The zero-order valence-corrected chi connectivity index (χ0v) is 23.1. The third-order valence-corrected chi connectivity index (χ3v) is 9.34. The Morgan fingerprint density at radius 1 is 1.22 bits per heavy atom. The Morgan fingerprint density at radius 3 is 2.62 bits per heavy atom. The normalized spacial score (nSPS) is 34.2. The van der Waals surface area contributed by atoms with Crippen LogP contribution in [-0.4, -0.2) is 51.6 Å². The maximum absolute atomic E-state index is 12.1. The maximum atomic E-state index is 12.1. The van der Waals surface area contributed by atoms with Crippen molar-refractivity contribution in [1.82, 2.24) is 0 Å². The van der Waals surface area contributed by atoms with Gasteiger partial charge < -0.3 is 20.4 Å². The lowest BCUT2D eigenvalue weighted by Crippen LogP contribution is -2.61. The molecule has 0 saturated heterocycles. The highest BCUT2D eigenvalue weighted by atomic mass is 16.3. The van der Waals surface area contributed by atoms with Crippen LogP contribution in [0.15, 0.2) is 58.7 Å². The number of fused-ring (bicyclic) bond motifs is 1. The number of aliphatic hydroxyl groups is 4. The Morgan fingerprint density at radius 2 is 1.97 bits per heavy atom. The highest BCUT2D eigenvalue weighted by Gasteiger charge is 2.65. The average molecular weight is 513 g/mol. The Labute approximate surface area is 223 Å². The molecule has 6 unspecified atom stereocenters. The first kappa shape index (κ1) is 29.8. The van der Waals surface area contributed by atoms with E-state index in [1.54, 1.807) is 0 Å². The first-order chi connectivity index (χ1) is 17.6. The van der Waals surface area contributed by atoms with E-state index in [2.05, 4.69) is 26.5 Å². The highest BCUT2D eigenvalue weighted by Crippen LogP contribution is 2.65. The lowest BCUT2D eigenvalue weighted by atomic mass is 9.49. The molecule has 0 aromatic carbocycles. The molecule has 0 aliphatic heterocycles. The van der Waals surface area contributed by atoms with E-state index in [1.165, 1.54) is 5.57 Å². The molecule has 0 aromatic heterocycles. The molecule has 3 aliphatic carbocycles. The van der Waals surface area contributed by atoms with E-state index in [1.807, 2.05) is 25.2 Å². The zero-order valence-electron chi connectivity index (χ0n) is 23.1. The SMILES string of the molecule is C=C(C=CC=C(CO)C1CCC2(C(CCCO)C3=C(C=O)CCCC3CC2(C)O)C1O)CCC=C(C)C. The molecule has 2 saturated carbocycles. The van der Waals surface area contributed by atoms with Gasteiger partial charge in [-0.15, -0.1) is 0 Å². The van der Waals surface area contributed by atoms with Gasteiger partial charge >= 0.3 is 0 Å². The van der Waals surface area contributed by atoms with E-state index in [9.17, 15) is 25.2 Å². The van der Waals surface area contributed by atoms with Crippen LogP contribution in [-0.2, 0) is 4.79 Å². The van der Waals surface area contributed by atoms with Crippen LogP contribution in [0.1, 0.15) is 85.0 Å². The molecule has 0 heterocycles. The third-order valence-electron chi connectivity index (χ3n) is 9.34. The van der Waals surface area contributed by atoms with Gasteiger partial charge in [0.15, 0.2) is 0 Å². The van der Waals surface area contributed by atoms with Gasteiger partial charge in [0.05, 0.1) is 18.3 Å².